The van der Waals surface area contributed by atoms with Crippen molar-refractivity contribution in [1.82, 2.24) is 0 Å². The Morgan fingerprint density at radius 1 is 0.630 bits per heavy atom. The van der Waals surface area contributed by atoms with Crippen molar-refractivity contribution >= 4 is 93.8 Å². The Kier molecular flexibility index (Phi) is 4.81. The monoisotopic (exact) mass is 608 g/mol. The molecule has 1 saturated carbocycles. The number of hydrogen-bond donors (Lipinski definition) is 0. The first-order chi connectivity index (χ1) is 22.6. The molecule has 1 aromatic heterocycles. The van der Waals surface area contributed by atoms with Crippen LogP contribution in [0.15, 0.2) is 115 Å². The number of rotatable bonds is 1. The first kappa shape index (κ1) is 25.6. The zero-order valence-electron chi connectivity index (χ0n) is 26.2. The van der Waals surface area contributed by atoms with E-state index in [9.17, 15) is 0 Å². The van der Waals surface area contributed by atoms with Gasteiger partial charge in [-0.25, -0.2) is 0 Å². The fraction of sp³-hybridized carbons (Fsp3) is 0.190. The van der Waals surface area contributed by atoms with E-state index in [0.717, 1.165) is 0 Å². The lowest BCUT2D eigenvalue weighted by Crippen LogP contribution is -2.63. The van der Waals surface area contributed by atoms with E-state index >= 15 is 0 Å². The first-order valence-corrected chi connectivity index (χ1v) is 17.7. The molecule has 0 N–H and O–H groups in total. The van der Waals surface area contributed by atoms with E-state index in [2.05, 4.69) is 139 Å². The third-order valence-electron chi connectivity index (χ3n) is 12.4. The van der Waals surface area contributed by atoms with Gasteiger partial charge in [-0.05, 0) is 76.7 Å². The molecule has 0 bridgehead atoms. The molecule has 11 rings (SSSR count). The second kappa shape index (κ2) is 8.63. The number of fused-ring (bicyclic) bond motifs is 15. The van der Waals surface area contributed by atoms with Gasteiger partial charge in [0.2, 0.25) is 0 Å². The van der Waals surface area contributed by atoms with Crippen LogP contribution in [0, 0.1) is 0 Å². The summed E-state index contributed by atoms with van der Waals surface area (Å²) in [6.45, 7) is 5.33. The van der Waals surface area contributed by atoms with Gasteiger partial charge >= 0.3 is 0 Å². The van der Waals surface area contributed by atoms with E-state index in [1.807, 2.05) is 11.3 Å². The molecular formula is C42H33BN2S. The maximum atomic E-state index is 2.82. The SMILES string of the molecule is CC12CCCCC1(C)N1c3ccccc3B3c4sc5c6ccccc6c6ccccc6c5c4N(c4ccccc4)c4ccc2c1c43. The molecule has 0 radical (unpaired) electrons. The number of benzene rings is 6. The Morgan fingerprint density at radius 3 is 2.13 bits per heavy atom. The minimum absolute atomic E-state index is 0.0498. The smallest absolute Gasteiger partial charge is 0.264 e. The summed E-state index contributed by atoms with van der Waals surface area (Å²) in [5, 5.41) is 6.76. The molecule has 4 heteroatoms. The van der Waals surface area contributed by atoms with Crippen LogP contribution in [0.1, 0.15) is 45.1 Å². The van der Waals surface area contributed by atoms with E-state index in [-0.39, 0.29) is 17.7 Å². The third-order valence-corrected chi connectivity index (χ3v) is 13.6. The molecule has 0 spiro atoms. The van der Waals surface area contributed by atoms with E-state index in [0.29, 0.717) is 0 Å². The molecule has 2 unspecified atom stereocenters. The second-order valence-corrected chi connectivity index (χ2v) is 15.4. The predicted octanol–water partition coefficient (Wildman–Crippen LogP) is 9.56. The zero-order valence-corrected chi connectivity index (χ0v) is 27.0. The summed E-state index contributed by atoms with van der Waals surface area (Å²) >= 11 is 2.04. The van der Waals surface area contributed by atoms with Gasteiger partial charge in [0, 0.05) is 48.4 Å². The fourth-order valence-corrected chi connectivity index (χ4v) is 11.6. The Labute approximate surface area is 274 Å². The molecule has 4 aliphatic rings. The van der Waals surface area contributed by atoms with Gasteiger partial charge in [-0.1, -0.05) is 111 Å². The van der Waals surface area contributed by atoms with Crippen LogP contribution in [0.25, 0.3) is 31.6 Å². The van der Waals surface area contributed by atoms with Crippen molar-refractivity contribution in [1.29, 1.82) is 0 Å². The zero-order chi connectivity index (χ0) is 30.4. The average Bonchev–Trinajstić information content (AvgIpc) is 3.60. The van der Waals surface area contributed by atoms with Gasteiger partial charge in [0.05, 0.1) is 11.2 Å². The molecule has 46 heavy (non-hydrogen) atoms. The molecule has 2 nitrogen and oxygen atoms in total. The highest BCUT2D eigenvalue weighted by Crippen LogP contribution is 2.62. The van der Waals surface area contributed by atoms with Crippen LogP contribution < -0.4 is 25.5 Å². The van der Waals surface area contributed by atoms with E-state index in [1.54, 1.807) is 5.56 Å². The average molecular weight is 609 g/mol. The second-order valence-electron chi connectivity index (χ2n) is 14.3. The number of anilines is 5. The van der Waals surface area contributed by atoms with Crippen LogP contribution in [0.4, 0.5) is 28.4 Å². The summed E-state index contributed by atoms with van der Waals surface area (Å²) < 4.78 is 2.87. The summed E-state index contributed by atoms with van der Waals surface area (Å²) in [6.07, 6.45) is 5.06. The standard InChI is InChI=1S/C42H33BN2S/c1-41-24-12-13-25-42(41,2)45-33-21-11-10-20-32(33)43-36-34(23-22-31(41)37(36)45)44(26-14-4-3-5-15-26)38-35-29-18-8-6-16-27(29)28-17-7-9-19-30(28)39(35)46-40(38)43/h3-11,14-23H,12-13,24-25H2,1-2H3. The van der Waals surface area contributed by atoms with E-state index in [4.69, 9.17) is 0 Å². The van der Waals surface area contributed by atoms with Crippen molar-refractivity contribution in [3.8, 4) is 0 Å². The number of nitrogens with zero attached hydrogens (tertiary/aromatic N) is 2. The minimum atomic E-state index is 0.0498. The maximum Gasteiger partial charge on any atom is 0.264 e. The van der Waals surface area contributed by atoms with Gasteiger partial charge in [0.25, 0.3) is 6.71 Å². The first-order valence-electron chi connectivity index (χ1n) is 16.9. The molecule has 0 amide bonds. The summed E-state index contributed by atoms with van der Waals surface area (Å²) in [6, 6.07) is 43.6. The molecular weight excluding hydrogens is 575 g/mol. The van der Waals surface area contributed by atoms with Crippen molar-refractivity contribution in [3.63, 3.8) is 0 Å². The van der Waals surface area contributed by atoms with Crippen molar-refractivity contribution in [3.05, 3.63) is 121 Å². The Balaban J connectivity index is 1.35. The summed E-state index contributed by atoms with van der Waals surface area (Å²) in [5.41, 5.74) is 11.5. The predicted molar refractivity (Wildman–Crippen MR) is 199 cm³/mol. The van der Waals surface area contributed by atoms with Crippen LogP contribution >= 0.6 is 11.3 Å². The normalized spacial score (nSPS) is 22.3. The number of para-hydroxylation sites is 2. The van der Waals surface area contributed by atoms with Crippen molar-refractivity contribution in [2.75, 3.05) is 9.80 Å². The molecule has 3 aliphatic heterocycles. The largest absolute Gasteiger partial charge is 0.335 e. The lowest BCUT2D eigenvalue weighted by Gasteiger charge is -2.52. The topological polar surface area (TPSA) is 6.48 Å². The van der Waals surface area contributed by atoms with Crippen molar-refractivity contribution in [2.24, 2.45) is 0 Å². The highest BCUT2D eigenvalue weighted by Gasteiger charge is 2.61. The number of hydrogen-bond acceptors (Lipinski definition) is 3. The Hall–Kier alpha value is -4.54. The van der Waals surface area contributed by atoms with Gasteiger partial charge in [-0.15, -0.1) is 11.3 Å². The molecule has 4 heterocycles. The van der Waals surface area contributed by atoms with Gasteiger partial charge < -0.3 is 9.80 Å². The molecule has 220 valence electrons. The molecule has 1 aliphatic carbocycles. The molecule has 0 saturated heterocycles. The summed E-state index contributed by atoms with van der Waals surface area (Å²) in [7, 11) is 0. The Morgan fingerprint density at radius 2 is 1.30 bits per heavy atom. The third kappa shape index (κ3) is 2.84. The van der Waals surface area contributed by atoms with Gasteiger partial charge in [0.1, 0.15) is 0 Å². The fourth-order valence-electron chi connectivity index (χ4n) is 10.2. The van der Waals surface area contributed by atoms with E-state index < -0.39 is 0 Å². The minimum Gasteiger partial charge on any atom is -0.335 e. The molecule has 7 aromatic rings. The molecule has 6 aromatic carbocycles. The highest BCUT2D eigenvalue weighted by atomic mass is 32.1. The quantitative estimate of drug-likeness (QED) is 0.135. The lowest BCUT2D eigenvalue weighted by atomic mass is 9.36. The molecule has 2 atom stereocenters. The summed E-state index contributed by atoms with van der Waals surface area (Å²) in [5.74, 6) is 0. The van der Waals surface area contributed by atoms with Crippen LogP contribution in [-0.4, -0.2) is 12.3 Å². The van der Waals surface area contributed by atoms with Crippen molar-refractivity contribution in [2.45, 2.75) is 50.5 Å². The summed E-state index contributed by atoms with van der Waals surface area (Å²) in [4.78, 5) is 5.44. The highest BCUT2D eigenvalue weighted by molar-refractivity contribution is 7.34. The maximum absolute atomic E-state index is 2.82. The lowest BCUT2D eigenvalue weighted by molar-refractivity contribution is 0.195. The van der Waals surface area contributed by atoms with Crippen LogP contribution in [0.5, 0.6) is 0 Å². The number of thiophene rings is 1. The van der Waals surface area contributed by atoms with E-state index in [1.165, 1.54) is 101 Å². The van der Waals surface area contributed by atoms with Gasteiger partial charge in [-0.2, -0.15) is 0 Å². The van der Waals surface area contributed by atoms with Crippen molar-refractivity contribution < 1.29 is 0 Å². The van der Waals surface area contributed by atoms with Gasteiger partial charge in [-0.3, -0.25) is 0 Å². The van der Waals surface area contributed by atoms with Crippen LogP contribution in [-0.2, 0) is 5.41 Å². The molecule has 1 fully saturated rings. The van der Waals surface area contributed by atoms with Crippen LogP contribution in [0.2, 0.25) is 0 Å². The van der Waals surface area contributed by atoms with Gasteiger partial charge in [0.15, 0.2) is 0 Å². The Bertz CT molecular complexity index is 2450. The van der Waals surface area contributed by atoms with Crippen LogP contribution in [0.3, 0.4) is 0 Å².